The van der Waals surface area contributed by atoms with Crippen LogP contribution in [0.25, 0.3) is 0 Å². The van der Waals surface area contributed by atoms with E-state index in [2.05, 4.69) is 15.5 Å². The first-order valence-electron chi connectivity index (χ1n) is 6.45. The lowest BCUT2D eigenvalue weighted by atomic mass is 9.89. The molecule has 0 aliphatic heterocycles. The van der Waals surface area contributed by atoms with Crippen molar-refractivity contribution < 1.29 is 4.79 Å². The highest BCUT2D eigenvalue weighted by atomic mass is 16.1. The molecule has 1 amide bonds. The van der Waals surface area contributed by atoms with Gasteiger partial charge < -0.3 is 9.88 Å². The molecule has 5 nitrogen and oxygen atoms in total. The zero-order chi connectivity index (χ0) is 12.1. The Balaban J connectivity index is 1.83. The van der Waals surface area contributed by atoms with Crippen LogP contribution in [0.4, 0.5) is 0 Å². The van der Waals surface area contributed by atoms with Gasteiger partial charge in [0, 0.05) is 12.5 Å². The quantitative estimate of drug-likeness (QED) is 0.861. The summed E-state index contributed by atoms with van der Waals surface area (Å²) in [5.41, 5.74) is 0. The summed E-state index contributed by atoms with van der Waals surface area (Å²) in [6, 6.07) is 0. The predicted molar refractivity (Wildman–Crippen MR) is 64.1 cm³/mol. The molecule has 0 saturated heterocycles. The Labute approximate surface area is 102 Å². The molecule has 0 unspecified atom stereocenters. The van der Waals surface area contributed by atoms with Crippen LogP contribution in [0.3, 0.4) is 0 Å². The number of aryl methyl sites for hydroxylation is 1. The fraction of sp³-hybridized carbons (Fsp3) is 0.750. The molecular weight excluding hydrogens is 216 g/mol. The first-order chi connectivity index (χ1) is 8.31. The molecular formula is C12H20N4O. The third-order valence-electron chi connectivity index (χ3n) is 3.43. The minimum Gasteiger partial charge on any atom is -0.349 e. The third-order valence-corrected chi connectivity index (χ3v) is 3.43. The molecule has 5 heteroatoms. The first kappa shape index (κ1) is 12.1. The van der Waals surface area contributed by atoms with Crippen molar-refractivity contribution in [1.82, 2.24) is 20.1 Å². The number of aromatic nitrogens is 3. The second-order valence-electron chi connectivity index (χ2n) is 4.59. The van der Waals surface area contributed by atoms with Crippen LogP contribution in [0.5, 0.6) is 0 Å². The Hall–Kier alpha value is -1.39. The lowest BCUT2D eigenvalue weighted by Crippen LogP contribution is -2.32. The van der Waals surface area contributed by atoms with Crippen LogP contribution in [-0.2, 0) is 17.9 Å². The van der Waals surface area contributed by atoms with Crippen molar-refractivity contribution in [3.05, 3.63) is 12.2 Å². The van der Waals surface area contributed by atoms with E-state index in [1.807, 2.05) is 11.5 Å². The van der Waals surface area contributed by atoms with E-state index in [4.69, 9.17) is 0 Å². The molecule has 17 heavy (non-hydrogen) atoms. The minimum atomic E-state index is 0.176. The second-order valence-corrected chi connectivity index (χ2v) is 4.59. The molecule has 0 atom stereocenters. The molecule has 1 aromatic rings. The normalized spacial score (nSPS) is 17.0. The van der Waals surface area contributed by atoms with Crippen LogP contribution in [0, 0.1) is 5.92 Å². The maximum Gasteiger partial charge on any atom is 0.223 e. The van der Waals surface area contributed by atoms with Gasteiger partial charge in [0.05, 0.1) is 6.54 Å². The van der Waals surface area contributed by atoms with Gasteiger partial charge in [-0.2, -0.15) is 0 Å². The Morgan fingerprint density at radius 3 is 2.94 bits per heavy atom. The van der Waals surface area contributed by atoms with E-state index in [0.717, 1.165) is 25.2 Å². The summed E-state index contributed by atoms with van der Waals surface area (Å²) in [5, 5.41) is 10.8. The third kappa shape index (κ3) is 3.05. The molecule has 1 fully saturated rings. The standard InChI is InChI=1S/C12H20N4O/c1-2-16-9-14-15-11(16)8-13-12(17)10-6-4-3-5-7-10/h9-10H,2-8H2,1H3,(H,13,17). The van der Waals surface area contributed by atoms with Crippen molar-refractivity contribution in [3.63, 3.8) is 0 Å². The number of carbonyl (C=O) groups excluding carboxylic acids is 1. The number of amides is 1. The van der Waals surface area contributed by atoms with Crippen molar-refractivity contribution >= 4 is 5.91 Å². The molecule has 1 N–H and O–H groups in total. The topological polar surface area (TPSA) is 59.8 Å². The predicted octanol–water partition coefficient (Wildman–Crippen LogP) is 1.49. The molecule has 0 aromatic carbocycles. The van der Waals surface area contributed by atoms with Crippen molar-refractivity contribution in [1.29, 1.82) is 0 Å². The lowest BCUT2D eigenvalue weighted by molar-refractivity contribution is -0.126. The highest BCUT2D eigenvalue weighted by molar-refractivity contribution is 5.78. The highest BCUT2D eigenvalue weighted by Crippen LogP contribution is 2.23. The van der Waals surface area contributed by atoms with Crippen molar-refractivity contribution in [2.24, 2.45) is 5.92 Å². The van der Waals surface area contributed by atoms with E-state index in [0.29, 0.717) is 6.54 Å². The molecule has 2 rings (SSSR count). The number of hydrogen-bond acceptors (Lipinski definition) is 3. The van der Waals surface area contributed by atoms with Crippen molar-refractivity contribution in [3.8, 4) is 0 Å². The van der Waals surface area contributed by atoms with Gasteiger partial charge in [-0.3, -0.25) is 4.79 Å². The monoisotopic (exact) mass is 236 g/mol. The summed E-state index contributed by atoms with van der Waals surface area (Å²) >= 11 is 0. The van der Waals surface area contributed by atoms with E-state index in [9.17, 15) is 4.79 Å². The maximum absolute atomic E-state index is 11.9. The van der Waals surface area contributed by atoms with Gasteiger partial charge in [-0.25, -0.2) is 0 Å². The molecule has 0 spiro atoms. The Morgan fingerprint density at radius 1 is 1.47 bits per heavy atom. The van der Waals surface area contributed by atoms with Gasteiger partial charge in [-0.15, -0.1) is 10.2 Å². The minimum absolute atomic E-state index is 0.176. The maximum atomic E-state index is 11.9. The molecule has 1 aliphatic rings. The van der Waals surface area contributed by atoms with Gasteiger partial charge in [0.1, 0.15) is 6.33 Å². The summed E-state index contributed by atoms with van der Waals surface area (Å²) in [5.74, 6) is 1.22. The van der Waals surface area contributed by atoms with Gasteiger partial charge in [0.25, 0.3) is 0 Å². The number of carbonyl (C=O) groups is 1. The molecule has 94 valence electrons. The van der Waals surface area contributed by atoms with Crippen molar-refractivity contribution in [2.45, 2.75) is 52.1 Å². The van der Waals surface area contributed by atoms with E-state index >= 15 is 0 Å². The number of nitrogens with zero attached hydrogens (tertiary/aromatic N) is 3. The summed E-state index contributed by atoms with van der Waals surface area (Å²) in [4.78, 5) is 11.9. The van der Waals surface area contributed by atoms with Gasteiger partial charge >= 0.3 is 0 Å². The summed E-state index contributed by atoms with van der Waals surface area (Å²) in [7, 11) is 0. The molecule has 0 radical (unpaired) electrons. The Morgan fingerprint density at radius 2 is 2.24 bits per heavy atom. The summed E-state index contributed by atoms with van der Waals surface area (Å²) < 4.78 is 1.95. The van der Waals surface area contributed by atoms with Gasteiger partial charge in [0.15, 0.2) is 5.82 Å². The van der Waals surface area contributed by atoms with E-state index in [-0.39, 0.29) is 11.8 Å². The number of rotatable bonds is 4. The van der Waals surface area contributed by atoms with Gasteiger partial charge in [-0.05, 0) is 19.8 Å². The highest BCUT2D eigenvalue weighted by Gasteiger charge is 2.20. The van der Waals surface area contributed by atoms with E-state index in [1.54, 1.807) is 6.33 Å². The van der Waals surface area contributed by atoms with Crippen LogP contribution in [0.2, 0.25) is 0 Å². The molecule has 1 heterocycles. The average Bonchev–Trinajstić information content (AvgIpc) is 2.84. The van der Waals surface area contributed by atoms with E-state index in [1.165, 1.54) is 19.3 Å². The SMILES string of the molecule is CCn1cnnc1CNC(=O)C1CCCCC1. The second kappa shape index (κ2) is 5.80. The molecule has 1 aromatic heterocycles. The van der Waals surface area contributed by atoms with E-state index < -0.39 is 0 Å². The number of nitrogens with one attached hydrogen (secondary N) is 1. The zero-order valence-corrected chi connectivity index (χ0v) is 10.4. The smallest absolute Gasteiger partial charge is 0.223 e. The van der Waals surface area contributed by atoms with Gasteiger partial charge in [0.2, 0.25) is 5.91 Å². The van der Waals surface area contributed by atoms with Crippen LogP contribution in [0.1, 0.15) is 44.9 Å². The summed E-state index contributed by atoms with van der Waals surface area (Å²) in [6.07, 6.45) is 7.40. The Bertz CT molecular complexity index is 368. The largest absolute Gasteiger partial charge is 0.349 e. The van der Waals surface area contributed by atoms with Crippen LogP contribution in [-0.4, -0.2) is 20.7 Å². The molecule has 1 aliphatic carbocycles. The molecule has 0 bridgehead atoms. The first-order valence-corrected chi connectivity index (χ1v) is 6.45. The van der Waals surface area contributed by atoms with Crippen molar-refractivity contribution in [2.75, 3.05) is 0 Å². The Kier molecular flexibility index (Phi) is 4.12. The lowest BCUT2D eigenvalue weighted by Gasteiger charge is -2.20. The fourth-order valence-electron chi connectivity index (χ4n) is 2.36. The fourth-order valence-corrected chi connectivity index (χ4v) is 2.36. The zero-order valence-electron chi connectivity index (χ0n) is 10.4. The van der Waals surface area contributed by atoms with Crippen LogP contribution >= 0.6 is 0 Å². The summed E-state index contributed by atoms with van der Waals surface area (Å²) in [6.45, 7) is 3.36. The molecule has 1 saturated carbocycles. The average molecular weight is 236 g/mol. The van der Waals surface area contributed by atoms with Gasteiger partial charge in [-0.1, -0.05) is 19.3 Å². The van der Waals surface area contributed by atoms with Crippen LogP contribution in [0.15, 0.2) is 6.33 Å². The number of hydrogen-bond donors (Lipinski definition) is 1. The van der Waals surface area contributed by atoms with Crippen LogP contribution < -0.4 is 5.32 Å².